The number of halogens is 3. The number of rotatable bonds is 5. The highest BCUT2D eigenvalue weighted by molar-refractivity contribution is 5.54. The van der Waals surface area contributed by atoms with E-state index >= 15 is 0 Å². The standard InChI is InChI=1S/C14H19F3N2O2/c1-3-4-5-21-10-6-11(14(15,16)17)12(18-7-10)19-8-13(2,20)9-19/h6-7,20H,3-5,8-9H2,1-2H3. The molecule has 0 radical (unpaired) electrons. The van der Waals surface area contributed by atoms with Gasteiger partial charge in [-0.3, -0.25) is 0 Å². The number of aliphatic hydroxyl groups is 1. The molecule has 0 amide bonds. The van der Waals surface area contributed by atoms with Crippen molar-refractivity contribution in [3.8, 4) is 5.75 Å². The molecular weight excluding hydrogens is 285 g/mol. The van der Waals surface area contributed by atoms with Gasteiger partial charge in [0.1, 0.15) is 17.1 Å². The molecule has 0 atom stereocenters. The first-order chi connectivity index (χ1) is 9.73. The average Bonchev–Trinajstić information content (AvgIpc) is 2.35. The molecule has 1 aliphatic rings. The van der Waals surface area contributed by atoms with Gasteiger partial charge < -0.3 is 14.7 Å². The van der Waals surface area contributed by atoms with Gasteiger partial charge in [-0.15, -0.1) is 0 Å². The smallest absolute Gasteiger partial charge is 0.420 e. The molecule has 7 heteroatoms. The molecule has 0 saturated carbocycles. The number of nitrogens with zero attached hydrogens (tertiary/aromatic N) is 2. The molecule has 1 N–H and O–H groups in total. The molecule has 1 aliphatic heterocycles. The van der Waals surface area contributed by atoms with Crippen LogP contribution in [0.1, 0.15) is 32.3 Å². The Kier molecular flexibility index (Phi) is 4.32. The summed E-state index contributed by atoms with van der Waals surface area (Å²) in [6, 6.07) is 0.977. The van der Waals surface area contributed by atoms with E-state index in [0.717, 1.165) is 18.9 Å². The molecule has 21 heavy (non-hydrogen) atoms. The van der Waals surface area contributed by atoms with Gasteiger partial charge in [0.15, 0.2) is 0 Å². The van der Waals surface area contributed by atoms with Crippen LogP contribution in [-0.2, 0) is 6.18 Å². The third-order valence-electron chi connectivity index (χ3n) is 3.28. The monoisotopic (exact) mass is 304 g/mol. The number of aromatic nitrogens is 1. The Balaban J connectivity index is 2.21. The van der Waals surface area contributed by atoms with Crippen molar-refractivity contribution in [2.75, 3.05) is 24.6 Å². The van der Waals surface area contributed by atoms with E-state index in [-0.39, 0.29) is 24.7 Å². The number of unbranched alkanes of at least 4 members (excludes halogenated alkanes) is 1. The average molecular weight is 304 g/mol. The van der Waals surface area contributed by atoms with Crippen LogP contribution in [0.15, 0.2) is 12.3 Å². The lowest BCUT2D eigenvalue weighted by Crippen LogP contribution is -2.60. The van der Waals surface area contributed by atoms with Gasteiger partial charge in [0.05, 0.1) is 18.4 Å². The number of hydrogen-bond donors (Lipinski definition) is 1. The Morgan fingerprint density at radius 1 is 1.43 bits per heavy atom. The zero-order chi connectivity index (χ0) is 15.7. The fraction of sp³-hybridized carbons (Fsp3) is 0.643. The summed E-state index contributed by atoms with van der Waals surface area (Å²) in [7, 11) is 0. The fourth-order valence-electron chi connectivity index (χ4n) is 2.24. The molecule has 2 rings (SSSR count). The predicted octanol–water partition coefficient (Wildman–Crippen LogP) is 2.85. The summed E-state index contributed by atoms with van der Waals surface area (Å²) in [5.74, 6) is -0.0383. The Morgan fingerprint density at radius 3 is 2.62 bits per heavy atom. The zero-order valence-electron chi connectivity index (χ0n) is 12.1. The van der Waals surface area contributed by atoms with Gasteiger partial charge in [0, 0.05) is 13.1 Å². The van der Waals surface area contributed by atoms with Crippen LogP contribution < -0.4 is 9.64 Å². The van der Waals surface area contributed by atoms with Crippen molar-refractivity contribution in [1.29, 1.82) is 0 Å². The minimum absolute atomic E-state index is 0.117. The van der Waals surface area contributed by atoms with Gasteiger partial charge in [-0.1, -0.05) is 13.3 Å². The predicted molar refractivity (Wildman–Crippen MR) is 72.5 cm³/mol. The molecule has 1 fully saturated rings. The van der Waals surface area contributed by atoms with Crippen LogP contribution >= 0.6 is 0 Å². The van der Waals surface area contributed by atoms with Crippen molar-refractivity contribution in [1.82, 2.24) is 4.98 Å². The van der Waals surface area contributed by atoms with E-state index < -0.39 is 17.3 Å². The minimum atomic E-state index is -4.51. The van der Waals surface area contributed by atoms with Gasteiger partial charge in [-0.05, 0) is 19.4 Å². The Labute approximate surface area is 121 Å². The maximum absolute atomic E-state index is 13.1. The van der Waals surface area contributed by atoms with E-state index in [2.05, 4.69) is 4.98 Å². The van der Waals surface area contributed by atoms with Crippen LogP contribution in [0.2, 0.25) is 0 Å². The molecule has 0 aromatic carbocycles. The van der Waals surface area contributed by atoms with Crippen LogP contribution in [0.5, 0.6) is 5.75 Å². The number of anilines is 1. The highest BCUT2D eigenvalue weighted by Gasteiger charge is 2.43. The zero-order valence-corrected chi connectivity index (χ0v) is 12.1. The highest BCUT2D eigenvalue weighted by atomic mass is 19.4. The lowest BCUT2D eigenvalue weighted by atomic mass is 9.96. The van der Waals surface area contributed by atoms with Crippen molar-refractivity contribution < 1.29 is 23.0 Å². The molecule has 0 spiro atoms. The van der Waals surface area contributed by atoms with E-state index in [1.54, 1.807) is 6.92 Å². The van der Waals surface area contributed by atoms with Crippen molar-refractivity contribution in [3.05, 3.63) is 17.8 Å². The van der Waals surface area contributed by atoms with Crippen LogP contribution in [0.4, 0.5) is 19.0 Å². The SMILES string of the molecule is CCCCOc1cnc(N2CC(C)(O)C2)c(C(F)(F)F)c1. The molecular formula is C14H19F3N2O2. The number of hydrogen-bond acceptors (Lipinski definition) is 4. The number of pyridine rings is 1. The quantitative estimate of drug-likeness (QED) is 0.850. The van der Waals surface area contributed by atoms with E-state index in [9.17, 15) is 18.3 Å². The lowest BCUT2D eigenvalue weighted by Gasteiger charge is -2.45. The Morgan fingerprint density at radius 2 is 2.10 bits per heavy atom. The van der Waals surface area contributed by atoms with Crippen LogP contribution in [0.3, 0.4) is 0 Å². The second-order valence-electron chi connectivity index (χ2n) is 5.59. The first-order valence-corrected chi connectivity index (χ1v) is 6.90. The topological polar surface area (TPSA) is 45.6 Å². The fourth-order valence-corrected chi connectivity index (χ4v) is 2.24. The van der Waals surface area contributed by atoms with Crippen LogP contribution in [0, 0.1) is 0 Å². The van der Waals surface area contributed by atoms with Gasteiger partial charge in [-0.25, -0.2) is 4.98 Å². The molecule has 1 aromatic heterocycles. The van der Waals surface area contributed by atoms with Crippen molar-refractivity contribution in [2.45, 2.75) is 38.5 Å². The molecule has 1 saturated heterocycles. The summed E-state index contributed by atoms with van der Waals surface area (Å²) in [6.07, 6.45) is -1.53. The van der Waals surface area contributed by atoms with Crippen molar-refractivity contribution in [3.63, 3.8) is 0 Å². The Hall–Kier alpha value is -1.50. The Bertz CT molecular complexity index is 495. The summed E-state index contributed by atoms with van der Waals surface area (Å²) in [4.78, 5) is 5.30. The van der Waals surface area contributed by atoms with Gasteiger partial charge in [0.2, 0.25) is 0 Å². The minimum Gasteiger partial charge on any atom is -0.492 e. The normalized spacial score (nSPS) is 17.5. The molecule has 0 unspecified atom stereocenters. The molecule has 1 aromatic rings. The van der Waals surface area contributed by atoms with E-state index in [1.807, 2.05) is 6.92 Å². The van der Waals surface area contributed by atoms with Crippen LogP contribution in [0.25, 0.3) is 0 Å². The van der Waals surface area contributed by atoms with Crippen molar-refractivity contribution in [2.24, 2.45) is 0 Å². The summed E-state index contributed by atoms with van der Waals surface area (Å²) in [5, 5.41) is 9.66. The third-order valence-corrected chi connectivity index (χ3v) is 3.28. The summed E-state index contributed by atoms with van der Waals surface area (Å²) in [6.45, 7) is 4.20. The third kappa shape index (κ3) is 3.78. The molecule has 4 nitrogen and oxygen atoms in total. The number of ether oxygens (including phenoxy) is 1. The van der Waals surface area contributed by atoms with E-state index in [1.165, 1.54) is 11.1 Å². The van der Waals surface area contributed by atoms with Gasteiger partial charge in [0.25, 0.3) is 0 Å². The van der Waals surface area contributed by atoms with Gasteiger partial charge in [-0.2, -0.15) is 13.2 Å². The molecule has 118 valence electrons. The first kappa shape index (κ1) is 15.9. The number of β-amino-alcohol motifs (C(OH)–C–C–N with tert-alkyl or cyclic N) is 1. The maximum Gasteiger partial charge on any atom is 0.420 e. The lowest BCUT2D eigenvalue weighted by molar-refractivity contribution is -0.137. The molecule has 0 bridgehead atoms. The summed E-state index contributed by atoms with van der Waals surface area (Å²) >= 11 is 0. The maximum atomic E-state index is 13.1. The van der Waals surface area contributed by atoms with E-state index in [4.69, 9.17) is 4.74 Å². The van der Waals surface area contributed by atoms with E-state index in [0.29, 0.717) is 6.61 Å². The van der Waals surface area contributed by atoms with Crippen molar-refractivity contribution >= 4 is 5.82 Å². The summed E-state index contributed by atoms with van der Waals surface area (Å²) in [5.41, 5.74) is -1.78. The molecule has 0 aliphatic carbocycles. The van der Waals surface area contributed by atoms with Crippen LogP contribution in [-0.4, -0.2) is 35.4 Å². The summed E-state index contributed by atoms with van der Waals surface area (Å²) < 4.78 is 44.7. The second kappa shape index (κ2) is 5.71. The number of alkyl halides is 3. The van der Waals surface area contributed by atoms with Gasteiger partial charge >= 0.3 is 6.18 Å². The highest BCUT2D eigenvalue weighted by Crippen LogP contribution is 2.39. The molecule has 2 heterocycles. The second-order valence-corrected chi connectivity index (χ2v) is 5.59. The largest absolute Gasteiger partial charge is 0.492 e. The first-order valence-electron chi connectivity index (χ1n) is 6.90.